The minimum atomic E-state index is -0.460. The summed E-state index contributed by atoms with van der Waals surface area (Å²) in [6.07, 6.45) is 2.00. The molecule has 6 heteroatoms. The zero-order valence-corrected chi connectivity index (χ0v) is 17.7. The van der Waals surface area contributed by atoms with E-state index in [0.717, 1.165) is 16.6 Å². The van der Waals surface area contributed by atoms with Crippen LogP contribution in [0, 0.1) is 0 Å². The van der Waals surface area contributed by atoms with Crippen molar-refractivity contribution in [3.8, 4) is 17.1 Å². The Labute approximate surface area is 183 Å². The molecule has 2 heterocycles. The van der Waals surface area contributed by atoms with Gasteiger partial charge < -0.3 is 13.7 Å². The van der Waals surface area contributed by atoms with Gasteiger partial charge in [-0.25, -0.2) is 9.78 Å². The molecule has 0 bridgehead atoms. The lowest BCUT2D eigenvalue weighted by Crippen LogP contribution is -2.11. The van der Waals surface area contributed by atoms with Crippen LogP contribution in [0.4, 0.5) is 0 Å². The maximum Gasteiger partial charge on any atom is 0.343 e. The molecule has 158 valence electrons. The van der Waals surface area contributed by atoms with Crippen molar-refractivity contribution in [2.45, 2.75) is 13.3 Å². The molecule has 32 heavy (non-hydrogen) atoms. The Morgan fingerprint density at radius 3 is 2.56 bits per heavy atom. The molecule has 5 rings (SSSR count). The molecule has 0 radical (unpaired) electrons. The summed E-state index contributed by atoms with van der Waals surface area (Å²) in [6, 6.07) is 19.8. The van der Waals surface area contributed by atoms with Crippen LogP contribution in [-0.2, 0) is 13.5 Å². The van der Waals surface area contributed by atoms with Gasteiger partial charge in [0, 0.05) is 13.1 Å². The Morgan fingerprint density at radius 2 is 1.81 bits per heavy atom. The Balaban J connectivity index is 1.60. The molecule has 0 saturated carbocycles. The predicted octanol–water partition coefficient (Wildman–Crippen LogP) is 5.13. The van der Waals surface area contributed by atoms with Crippen LogP contribution >= 0.6 is 0 Å². The lowest BCUT2D eigenvalue weighted by atomic mass is 10.1. The van der Waals surface area contributed by atoms with Crippen molar-refractivity contribution in [2.75, 3.05) is 0 Å². The van der Waals surface area contributed by atoms with Crippen LogP contribution in [0.5, 0.6) is 5.75 Å². The number of carbonyl (C=O) groups excluding carboxylic acids is 1. The van der Waals surface area contributed by atoms with Crippen molar-refractivity contribution in [3.05, 3.63) is 94.3 Å². The van der Waals surface area contributed by atoms with Crippen molar-refractivity contribution in [1.29, 1.82) is 0 Å². The maximum absolute atomic E-state index is 13.4. The van der Waals surface area contributed by atoms with Gasteiger partial charge in [0.1, 0.15) is 29.0 Å². The van der Waals surface area contributed by atoms with Gasteiger partial charge in [-0.3, -0.25) is 4.79 Å². The molecule has 6 nitrogen and oxygen atoms in total. The number of carbonyl (C=O) groups is 1. The zero-order valence-electron chi connectivity index (χ0n) is 17.7. The number of hydrogen-bond acceptors (Lipinski definition) is 5. The van der Waals surface area contributed by atoms with E-state index in [-0.39, 0.29) is 5.43 Å². The number of ether oxygens (including phenoxy) is 1. The van der Waals surface area contributed by atoms with Gasteiger partial charge in [-0.15, -0.1) is 0 Å². The van der Waals surface area contributed by atoms with E-state index in [1.165, 1.54) is 6.26 Å². The summed E-state index contributed by atoms with van der Waals surface area (Å²) in [4.78, 5) is 30.5. The Kier molecular flexibility index (Phi) is 4.82. The second-order valence-electron chi connectivity index (χ2n) is 7.53. The fourth-order valence-electron chi connectivity index (χ4n) is 3.85. The maximum atomic E-state index is 13.4. The molecular formula is C26H20N2O4. The fourth-order valence-corrected chi connectivity index (χ4v) is 3.85. The van der Waals surface area contributed by atoms with Gasteiger partial charge in [-0.1, -0.05) is 37.3 Å². The number of hydrogen-bond donors (Lipinski definition) is 0. The van der Waals surface area contributed by atoms with E-state index in [9.17, 15) is 9.59 Å². The molecule has 3 aromatic carbocycles. The summed E-state index contributed by atoms with van der Waals surface area (Å²) >= 11 is 0. The highest BCUT2D eigenvalue weighted by atomic mass is 16.5. The van der Waals surface area contributed by atoms with E-state index in [0.29, 0.717) is 40.1 Å². The third kappa shape index (κ3) is 3.26. The number of nitrogens with zero attached hydrogens (tertiary/aromatic N) is 2. The summed E-state index contributed by atoms with van der Waals surface area (Å²) < 4.78 is 13.3. The normalized spacial score (nSPS) is 11.2. The molecule has 0 atom stereocenters. The third-order valence-corrected chi connectivity index (χ3v) is 5.58. The molecule has 0 aliphatic heterocycles. The van der Waals surface area contributed by atoms with E-state index in [1.807, 2.05) is 48.9 Å². The smallest absolute Gasteiger partial charge is 0.343 e. The molecule has 5 aromatic rings. The van der Waals surface area contributed by atoms with Crippen LogP contribution in [0.25, 0.3) is 33.4 Å². The van der Waals surface area contributed by atoms with E-state index < -0.39 is 5.97 Å². The predicted molar refractivity (Wildman–Crippen MR) is 123 cm³/mol. The number of imidazole rings is 1. The molecule has 0 fully saturated rings. The number of esters is 1. The highest BCUT2D eigenvalue weighted by molar-refractivity contribution is 5.92. The molecule has 0 aliphatic rings. The Morgan fingerprint density at radius 1 is 1.06 bits per heavy atom. The quantitative estimate of drug-likeness (QED) is 0.295. The van der Waals surface area contributed by atoms with E-state index in [4.69, 9.17) is 9.15 Å². The SMILES string of the molecule is CCc1cc2c(=O)c(-c3nc4ccccc4n3C)coc2cc1OC(=O)c1ccccc1. The molecule has 0 saturated heterocycles. The molecule has 0 spiro atoms. The van der Waals surface area contributed by atoms with Crippen LogP contribution in [0.3, 0.4) is 0 Å². The highest BCUT2D eigenvalue weighted by Crippen LogP contribution is 2.29. The van der Waals surface area contributed by atoms with E-state index in [1.54, 1.807) is 36.4 Å². The van der Waals surface area contributed by atoms with Gasteiger partial charge >= 0.3 is 5.97 Å². The van der Waals surface area contributed by atoms with Crippen molar-refractivity contribution < 1.29 is 13.9 Å². The number of benzene rings is 3. The van der Waals surface area contributed by atoms with Gasteiger partial charge in [0.05, 0.1) is 22.0 Å². The third-order valence-electron chi connectivity index (χ3n) is 5.58. The first-order chi connectivity index (χ1) is 15.6. The fraction of sp³-hybridized carbons (Fsp3) is 0.115. The van der Waals surface area contributed by atoms with Gasteiger partial charge in [-0.05, 0) is 42.3 Å². The number of para-hydroxylation sites is 2. The number of aryl methyl sites for hydroxylation is 2. The molecule has 2 aromatic heterocycles. The average molecular weight is 424 g/mol. The van der Waals surface area contributed by atoms with Crippen LogP contribution in [0.1, 0.15) is 22.8 Å². The summed E-state index contributed by atoms with van der Waals surface area (Å²) in [5, 5.41) is 0.422. The second kappa shape index (κ2) is 7.81. The largest absolute Gasteiger partial charge is 0.463 e. The minimum absolute atomic E-state index is 0.180. The van der Waals surface area contributed by atoms with Gasteiger partial charge in [0.25, 0.3) is 0 Å². The van der Waals surface area contributed by atoms with Crippen molar-refractivity contribution >= 4 is 28.0 Å². The molecular weight excluding hydrogens is 404 g/mol. The van der Waals surface area contributed by atoms with Crippen LogP contribution in [-0.4, -0.2) is 15.5 Å². The zero-order chi connectivity index (χ0) is 22.2. The van der Waals surface area contributed by atoms with Crippen LogP contribution in [0.2, 0.25) is 0 Å². The van der Waals surface area contributed by atoms with E-state index in [2.05, 4.69) is 4.98 Å². The lowest BCUT2D eigenvalue weighted by Gasteiger charge is -2.11. The first-order valence-corrected chi connectivity index (χ1v) is 10.3. The first kappa shape index (κ1) is 19.8. The van der Waals surface area contributed by atoms with Gasteiger partial charge in [-0.2, -0.15) is 0 Å². The molecule has 0 amide bonds. The summed E-state index contributed by atoms with van der Waals surface area (Å²) in [6.45, 7) is 1.94. The number of rotatable bonds is 4. The van der Waals surface area contributed by atoms with Crippen molar-refractivity contribution in [1.82, 2.24) is 9.55 Å². The monoisotopic (exact) mass is 424 g/mol. The van der Waals surface area contributed by atoms with Crippen molar-refractivity contribution in [2.24, 2.45) is 7.05 Å². The summed E-state index contributed by atoms with van der Waals surface area (Å²) in [7, 11) is 1.87. The number of fused-ring (bicyclic) bond motifs is 2. The first-order valence-electron chi connectivity index (χ1n) is 10.3. The lowest BCUT2D eigenvalue weighted by molar-refractivity contribution is 0.0733. The standard InChI is InChI=1S/C26H20N2O4/c1-3-16-13-18-23(14-22(16)32-26(30)17-9-5-4-6-10-17)31-15-19(24(18)29)25-27-20-11-7-8-12-21(20)28(25)2/h4-15H,3H2,1-2H3. The van der Waals surface area contributed by atoms with Gasteiger partial charge in [0.15, 0.2) is 0 Å². The second-order valence-corrected chi connectivity index (χ2v) is 7.53. The van der Waals surface area contributed by atoms with Crippen LogP contribution < -0.4 is 10.2 Å². The molecule has 0 aliphatic carbocycles. The Bertz CT molecular complexity index is 1530. The van der Waals surface area contributed by atoms with Crippen LogP contribution in [0.15, 0.2) is 82.2 Å². The van der Waals surface area contributed by atoms with Gasteiger partial charge in [0.2, 0.25) is 5.43 Å². The average Bonchev–Trinajstić information content (AvgIpc) is 3.16. The number of aromatic nitrogens is 2. The summed E-state index contributed by atoms with van der Waals surface area (Å²) in [5.41, 5.74) is 3.49. The Hall–Kier alpha value is -4.19. The minimum Gasteiger partial charge on any atom is -0.463 e. The highest BCUT2D eigenvalue weighted by Gasteiger charge is 2.18. The van der Waals surface area contributed by atoms with E-state index >= 15 is 0 Å². The van der Waals surface area contributed by atoms with Crippen molar-refractivity contribution in [3.63, 3.8) is 0 Å². The topological polar surface area (TPSA) is 74.3 Å². The molecule has 0 unspecified atom stereocenters. The molecule has 0 N–H and O–H groups in total. The summed E-state index contributed by atoms with van der Waals surface area (Å²) in [5.74, 6) is 0.463.